The first-order valence-electron chi connectivity index (χ1n) is 4.71. The molecule has 0 radical (unpaired) electrons. The van der Waals surface area contributed by atoms with Gasteiger partial charge in [0.15, 0.2) is 5.82 Å². The number of rotatable bonds is 3. The van der Waals surface area contributed by atoms with Gasteiger partial charge >= 0.3 is 5.97 Å². The lowest BCUT2D eigenvalue weighted by Crippen LogP contribution is -2.36. The van der Waals surface area contributed by atoms with E-state index in [1.807, 2.05) is 0 Å². The molecule has 0 spiro atoms. The van der Waals surface area contributed by atoms with Crippen LogP contribution in [0.2, 0.25) is 0 Å². The average molecular weight is 221 g/mol. The molecular weight excluding hydrogens is 210 g/mol. The molecule has 0 unspecified atom stereocenters. The van der Waals surface area contributed by atoms with E-state index in [2.05, 4.69) is 15.2 Å². The SMILES string of the molecule is C[C@@H](C(=O)O)N(C)c1nccn2cnnc12. The van der Waals surface area contributed by atoms with Crippen molar-refractivity contribution in [2.24, 2.45) is 0 Å². The third-order valence-corrected chi connectivity index (χ3v) is 2.47. The molecule has 0 amide bonds. The summed E-state index contributed by atoms with van der Waals surface area (Å²) in [6, 6.07) is -0.671. The molecule has 7 nitrogen and oxygen atoms in total. The summed E-state index contributed by atoms with van der Waals surface area (Å²) in [5.41, 5.74) is 0.540. The number of aromatic nitrogens is 4. The molecule has 2 aromatic rings. The maximum Gasteiger partial charge on any atom is 0.326 e. The van der Waals surface area contributed by atoms with Crippen molar-refractivity contribution in [3.05, 3.63) is 18.7 Å². The van der Waals surface area contributed by atoms with E-state index in [4.69, 9.17) is 5.11 Å². The third kappa shape index (κ3) is 1.56. The lowest BCUT2D eigenvalue weighted by molar-refractivity contribution is -0.138. The van der Waals surface area contributed by atoms with E-state index in [9.17, 15) is 4.79 Å². The van der Waals surface area contributed by atoms with Crippen molar-refractivity contribution in [3.8, 4) is 0 Å². The molecule has 0 saturated carbocycles. The van der Waals surface area contributed by atoms with Crippen LogP contribution in [0.3, 0.4) is 0 Å². The lowest BCUT2D eigenvalue weighted by Gasteiger charge is -2.22. The Morgan fingerprint density at radius 1 is 1.62 bits per heavy atom. The molecule has 0 aromatic carbocycles. The Morgan fingerprint density at radius 3 is 3.06 bits per heavy atom. The van der Waals surface area contributed by atoms with Crippen LogP contribution < -0.4 is 4.90 Å². The van der Waals surface area contributed by atoms with Crippen molar-refractivity contribution in [2.45, 2.75) is 13.0 Å². The van der Waals surface area contributed by atoms with Gasteiger partial charge in [0, 0.05) is 19.4 Å². The predicted molar refractivity (Wildman–Crippen MR) is 56.3 cm³/mol. The summed E-state index contributed by atoms with van der Waals surface area (Å²) in [5, 5.41) is 16.6. The van der Waals surface area contributed by atoms with Gasteiger partial charge in [0.25, 0.3) is 0 Å². The second-order valence-corrected chi connectivity index (χ2v) is 3.44. The van der Waals surface area contributed by atoms with E-state index in [-0.39, 0.29) is 0 Å². The number of hydrogen-bond acceptors (Lipinski definition) is 5. The molecule has 0 bridgehead atoms. The van der Waals surface area contributed by atoms with Gasteiger partial charge in [0.1, 0.15) is 12.4 Å². The van der Waals surface area contributed by atoms with Gasteiger partial charge in [-0.05, 0) is 6.92 Å². The summed E-state index contributed by atoms with van der Waals surface area (Å²) in [6.07, 6.45) is 4.83. The zero-order chi connectivity index (χ0) is 11.7. The maximum atomic E-state index is 10.9. The van der Waals surface area contributed by atoms with Crippen molar-refractivity contribution in [2.75, 3.05) is 11.9 Å². The molecule has 84 valence electrons. The van der Waals surface area contributed by atoms with Gasteiger partial charge in [0.05, 0.1) is 0 Å². The van der Waals surface area contributed by atoms with Crippen molar-refractivity contribution in [3.63, 3.8) is 0 Å². The number of nitrogens with zero attached hydrogens (tertiary/aromatic N) is 5. The lowest BCUT2D eigenvalue weighted by atomic mass is 10.3. The number of carbonyl (C=O) groups is 1. The largest absolute Gasteiger partial charge is 0.480 e. The Morgan fingerprint density at radius 2 is 2.38 bits per heavy atom. The predicted octanol–water partition coefficient (Wildman–Crippen LogP) is 0.0336. The first kappa shape index (κ1) is 10.3. The highest BCUT2D eigenvalue weighted by molar-refractivity contribution is 5.79. The Balaban J connectivity index is 2.46. The molecule has 7 heteroatoms. The van der Waals surface area contributed by atoms with E-state index in [0.717, 1.165) is 0 Å². The minimum Gasteiger partial charge on any atom is -0.480 e. The summed E-state index contributed by atoms with van der Waals surface area (Å²) in [6.45, 7) is 1.59. The molecule has 2 heterocycles. The topological polar surface area (TPSA) is 83.6 Å². The number of likely N-dealkylation sites (N-methyl/N-ethyl adjacent to an activating group) is 1. The minimum atomic E-state index is -0.911. The normalized spacial score (nSPS) is 12.6. The summed E-state index contributed by atoms with van der Waals surface area (Å²) >= 11 is 0. The maximum absolute atomic E-state index is 10.9. The van der Waals surface area contributed by atoms with Crippen LogP contribution in [0.1, 0.15) is 6.92 Å². The number of hydrogen-bond donors (Lipinski definition) is 1. The van der Waals surface area contributed by atoms with Crippen LogP contribution in [0.5, 0.6) is 0 Å². The molecule has 16 heavy (non-hydrogen) atoms. The highest BCUT2D eigenvalue weighted by atomic mass is 16.4. The standard InChI is InChI=1S/C9H11N5O2/c1-6(9(15)16)13(2)7-8-12-11-5-14(8)4-3-10-7/h3-6H,1-2H3,(H,15,16)/t6-/m0/s1. The molecule has 2 aromatic heterocycles. The number of fused-ring (bicyclic) bond motifs is 1. The zero-order valence-corrected chi connectivity index (χ0v) is 8.90. The molecule has 0 aliphatic rings. The smallest absolute Gasteiger partial charge is 0.326 e. The molecule has 0 fully saturated rings. The van der Waals surface area contributed by atoms with E-state index < -0.39 is 12.0 Å². The Labute approximate surface area is 91.4 Å². The number of anilines is 1. The van der Waals surface area contributed by atoms with Crippen molar-refractivity contribution in [1.29, 1.82) is 0 Å². The minimum absolute atomic E-state index is 0.495. The molecular formula is C9H11N5O2. The highest BCUT2D eigenvalue weighted by Gasteiger charge is 2.20. The molecule has 0 saturated heterocycles. The number of aliphatic carboxylic acids is 1. The first-order chi connectivity index (χ1) is 7.61. The quantitative estimate of drug-likeness (QED) is 0.787. The van der Waals surface area contributed by atoms with Gasteiger partial charge in [-0.25, -0.2) is 9.78 Å². The molecule has 2 rings (SSSR count). The molecule has 1 atom stereocenters. The van der Waals surface area contributed by atoms with E-state index >= 15 is 0 Å². The highest BCUT2D eigenvalue weighted by Crippen LogP contribution is 2.16. The number of carboxylic acid groups (broad SMARTS) is 1. The second kappa shape index (κ2) is 3.76. The summed E-state index contributed by atoms with van der Waals surface area (Å²) in [7, 11) is 1.66. The third-order valence-electron chi connectivity index (χ3n) is 2.47. The van der Waals surface area contributed by atoms with Crippen LogP contribution in [0.15, 0.2) is 18.7 Å². The summed E-state index contributed by atoms with van der Waals surface area (Å²) < 4.78 is 1.69. The van der Waals surface area contributed by atoms with Crippen LogP contribution in [-0.2, 0) is 4.79 Å². The fourth-order valence-corrected chi connectivity index (χ4v) is 1.34. The summed E-state index contributed by atoms with van der Waals surface area (Å²) in [4.78, 5) is 16.5. The van der Waals surface area contributed by atoms with Gasteiger partial charge in [-0.15, -0.1) is 10.2 Å². The fourth-order valence-electron chi connectivity index (χ4n) is 1.34. The molecule has 1 N–H and O–H groups in total. The van der Waals surface area contributed by atoms with Crippen molar-refractivity contribution in [1.82, 2.24) is 19.6 Å². The van der Waals surface area contributed by atoms with Crippen LogP contribution in [0.4, 0.5) is 5.82 Å². The van der Waals surface area contributed by atoms with E-state index in [0.29, 0.717) is 11.5 Å². The van der Waals surface area contributed by atoms with Gasteiger partial charge in [-0.2, -0.15) is 0 Å². The van der Waals surface area contributed by atoms with Crippen molar-refractivity contribution < 1.29 is 9.90 Å². The fraction of sp³-hybridized carbons (Fsp3) is 0.333. The average Bonchev–Trinajstić information content (AvgIpc) is 2.74. The van der Waals surface area contributed by atoms with Gasteiger partial charge in [-0.1, -0.05) is 0 Å². The van der Waals surface area contributed by atoms with Crippen molar-refractivity contribution >= 4 is 17.4 Å². The van der Waals surface area contributed by atoms with Crippen LogP contribution >= 0.6 is 0 Å². The molecule has 0 aliphatic heterocycles. The monoisotopic (exact) mass is 221 g/mol. The first-order valence-corrected chi connectivity index (χ1v) is 4.71. The van der Waals surface area contributed by atoms with Crippen LogP contribution in [-0.4, -0.2) is 43.7 Å². The summed E-state index contributed by atoms with van der Waals surface area (Å²) in [5.74, 6) is -0.416. The Kier molecular flexibility index (Phi) is 2.43. The number of carboxylic acids is 1. The van der Waals surface area contributed by atoms with Gasteiger partial charge < -0.3 is 10.0 Å². The van der Waals surface area contributed by atoms with Crippen LogP contribution in [0, 0.1) is 0 Å². The molecule has 0 aliphatic carbocycles. The Bertz CT molecular complexity index is 523. The Hall–Kier alpha value is -2.18. The second-order valence-electron chi connectivity index (χ2n) is 3.44. The van der Waals surface area contributed by atoms with Gasteiger partial charge in [0.2, 0.25) is 5.65 Å². The van der Waals surface area contributed by atoms with Crippen LogP contribution in [0.25, 0.3) is 5.65 Å². The zero-order valence-electron chi connectivity index (χ0n) is 8.90. The van der Waals surface area contributed by atoms with Gasteiger partial charge in [-0.3, -0.25) is 4.40 Å². The van der Waals surface area contributed by atoms with E-state index in [1.165, 1.54) is 0 Å². The van der Waals surface area contributed by atoms with E-state index in [1.54, 1.807) is 42.0 Å².